The van der Waals surface area contributed by atoms with E-state index in [1.165, 1.54) is 23.4 Å². The number of benzene rings is 3. The molecule has 3 N–H and O–H groups in total. The fourth-order valence-corrected chi connectivity index (χ4v) is 5.27. The van der Waals surface area contributed by atoms with E-state index in [0.717, 1.165) is 54.0 Å². The molecule has 6 aromatic rings. The van der Waals surface area contributed by atoms with Gasteiger partial charge in [0.25, 0.3) is 0 Å². The first-order valence-electron chi connectivity index (χ1n) is 11.9. The Balaban J connectivity index is 0.000000292. The van der Waals surface area contributed by atoms with Crippen molar-refractivity contribution >= 4 is 72.1 Å². The van der Waals surface area contributed by atoms with E-state index < -0.39 is 0 Å². The highest BCUT2D eigenvalue weighted by Crippen LogP contribution is 2.37. The average Bonchev–Trinajstić information content (AvgIpc) is 3.60. The lowest BCUT2D eigenvalue weighted by Crippen LogP contribution is -2.04. The maximum absolute atomic E-state index is 9.31. The molecule has 0 aliphatic rings. The van der Waals surface area contributed by atoms with Crippen molar-refractivity contribution in [1.29, 1.82) is 0 Å². The van der Waals surface area contributed by atoms with Gasteiger partial charge in [-0.25, -0.2) is 9.97 Å². The molecule has 0 fully saturated rings. The molecule has 11 heteroatoms. The molecular weight excluding hydrogens is 598 g/mol. The molecule has 0 saturated carbocycles. The molecule has 3 aromatic heterocycles. The molecule has 3 aromatic carbocycles. The van der Waals surface area contributed by atoms with Crippen molar-refractivity contribution < 1.29 is 14.4 Å². The lowest BCUT2D eigenvalue weighted by molar-refractivity contribution is 0.278. The maximum Gasteiger partial charge on any atom is 0.158 e. The minimum absolute atomic E-state index is 0.0438. The molecule has 0 radical (unpaired) electrons. The summed E-state index contributed by atoms with van der Waals surface area (Å²) < 4.78 is 22.7. The minimum Gasteiger partial charge on any atom is -0.455 e. The number of ether oxygens (including phenoxy) is 1. The summed E-state index contributed by atoms with van der Waals surface area (Å²) in [6.07, 6.45) is 5.24. The van der Waals surface area contributed by atoms with E-state index >= 15 is 0 Å². The van der Waals surface area contributed by atoms with Crippen LogP contribution in [0.2, 0.25) is 0 Å². The SMILES string of the molecule is Cc1ccc(SO)cc1.OCCn1ccc2ncnc(Nc3ccc(Oc4cccc5sncc45)c(Br)c3)c21. The molecule has 0 saturated heterocycles. The monoisotopic (exact) mass is 621 g/mol. The van der Waals surface area contributed by atoms with Gasteiger partial charge >= 0.3 is 0 Å². The zero-order valence-electron chi connectivity index (χ0n) is 20.8. The third kappa shape index (κ3) is 6.40. The van der Waals surface area contributed by atoms with Crippen LogP contribution in [0.25, 0.3) is 21.1 Å². The van der Waals surface area contributed by atoms with Gasteiger partial charge in [0, 0.05) is 35.4 Å². The van der Waals surface area contributed by atoms with Gasteiger partial charge in [-0.15, -0.1) is 0 Å². The van der Waals surface area contributed by atoms with Crippen LogP contribution in [0, 0.1) is 6.92 Å². The highest BCUT2D eigenvalue weighted by atomic mass is 79.9. The second-order valence-electron chi connectivity index (χ2n) is 8.46. The Morgan fingerprint density at radius 3 is 2.67 bits per heavy atom. The van der Waals surface area contributed by atoms with Gasteiger partial charge in [0.2, 0.25) is 0 Å². The Labute approximate surface area is 241 Å². The predicted octanol–water partition coefficient (Wildman–Crippen LogP) is 7.89. The van der Waals surface area contributed by atoms with Crippen LogP contribution in [0.5, 0.6) is 11.5 Å². The van der Waals surface area contributed by atoms with Crippen LogP contribution in [0.3, 0.4) is 0 Å². The normalized spacial score (nSPS) is 10.9. The van der Waals surface area contributed by atoms with E-state index in [4.69, 9.17) is 9.29 Å². The van der Waals surface area contributed by atoms with Crippen LogP contribution in [0.1, 0.15) is 5.56 Å². The van der Waals surface area contributed by atoms with Crippen LogP contribution >= 0.6 is 39.5 Å². The Bertz CT molecular complexity index is 1710. The number of rotatable bonds is 7. The van der Waals surface area contributed by atoms with E-state index in [9.17, 15) is 5.11 Å². The number of hydrogen-bond donors (Lipinski definition) is 3. The van der Waals surface area contributed by atoms with Crippen molar-refractivity contribution in [3.05, 3.63) is 95.5 Å². The number of aryl methyl sites for hydroxylation is 1. The van der Waals surface area contributed by atoms with Gasteiger partial charge in [0.05, 0.1) is 32.9 Å². The third-order valence-corrected chi connectivity index (χ3v) is 7.66. The van der Waals surface area contributed by atoms with Crippen molar-refractivity contribution in [3.8, 4) is 11.5 Å². The molecule has 0 aliphatic carbocycles. The molecular formula is C28H24BrN5O3S2. The summed E-state index contributed by atoms with van der Waals surface area (Å²) >= 11 is 5.83. The van der Waals surface area contributed by atoms with E-state index in [2.05, 4.69) is 35.6 Å². The fourth-order valence-electron chi connectivity index (χ4n) is 3.89. The second kappa shape index (κ2) is 12.6. The van der Waals surface area contributed by atoms with Crippen LogP contribution in [0.4, 0.5) is 11.5 Å². The molecule has 0 bridgehead atoms. The number of hydrogen-bond acceptors (Lipinski definition) is 9. The van der Waals surface area contributed by atoms with Crippen LogP contribution < -0.4 is 10.1 Å². The number of nitrogens with one attached hydrogen (secondary N) is 1. The molecule has 0 atom stereocenters. The van der Waals surface area contributed by atoms with Gasteiger partial charge in [-0.3, -0.25) is 0 Å². The Kier molecular flexibility index (Phi) is 8.74. The number of nitrogens with zero attached hydrogens (tertiary/aromatic N) is 4. The van der Waals surface area contributed by atoms with Crippen LogP contribution in [-0.4, -0.2) is 35.2 Å². The van der Waals surface area contributed by atoms with Crippen molar-refractivity contribution in [2.75, 3.05) is 11.9 Å². The number of anilines is 2. The third-order valence-electron chi connectivity index (χ3n) is 5.79. The topological polar surface area (TPSA) is 105 Å². The van der Waals surface area contributed by atoms with Crippen molar-refractivity contribution in [3.63, 3.8) is 0 Å². The molecule has 0 aliphatic heterocycles. The molecule has 3 heterocycles. The summed E-state index contributed by atoms with van der Waals surface area (Å²) in [4.78, 5) is 9.58. The Morgan fingerprint density at radius 2 is 1.90 bits per heavy atom. The predicted molar refractivity (Wildman–Crippen MR) is 161 cm³/mol. The largest absolute Gasteiger partial charge is 0.455 e. The Morgan fingerprint density at radius 1 is 1.05 bits per heavy atom. The zero-order chi connectivity index (χ0) is 27.2. The smallest absolute Gasteiger partial charge is 0.158 e. The number of halogens is 1. The minimum atomic E-state index is 0.0438. The van der Waals surface area contributed by atoms with E-state index in [-0.39, 0.29) is 6.61 Å². The van der Waals surface area contributed by atoms with E-state index in [1.54, 1.807) is 0 Å². The fraction of sp³-hybridized carbons (Fsp3) is 0.107. The quantitative estimate of drug-likeness (QED) is 0.154. The lowest BCUT2D eigenvalue weighted by atomic mass is 10.2. The molecule has 198 valence electrons. The highest BCUT2D eigenvalue weighted by molar-refractivity contribution is 9.10. The summed E-state index contributed by atoms with van der Waals surface area (Å²) in [6, 6.07) is 21.3. The van der Waals surface area contributed by atoms with Gasteiger partial charge in [-0.2, -0.15) is 4.37 Å². The van der Waals surface area contributed by atoms with Gasteiger partial charge in [-0.05, 0) is 82.9 Å². The molecule has 0 spiro atoms. The summed E-state index contributed by atoms with van der Waals surface area (Å²) in [7, 11) is 0. The van der Waals surface area contributed by atoms with Gasteiger partial charge < -0.3 is 24.3 Å². The molecule has 0 amide bonds. The van der Waals surface area contributed by atoms with Crippen molar-refractivity contribution in [1.82, 2.24) is 18.9 Å². The second-order valence-corrected chi connectivity index (χ2v) is 10.8. The summed E-state index contributed by atoms with van der Waals surface area (Å²) in [5.74, 6) is 2.14. The van der Waals surface area contributed by atoms with Gasteiger partial charge in [0.1, 0.15) is 23.3 Å². The van der Waals surface area contributed by atoms with E-state index in [0.29, 0.717) is 18.1 Å². The number of aliphatic hydroxyl groups excluding tert-OH is 1. The highest BCUT2D eigenvalue weighted by Gasteiger charge is 2.12. The average molecular weight is 623 g/mol. The lowest BCUT2D eigenvalue weighted by Gasteiger charge is -2.12. The first-order valence-corrected chi connectivity index (χ1v) is 14.3. The van der Waals surface area contributed by atoms with Gasteiger partial charge in [-0.1, -0.05) is 23.8 Å². The first-order chi connectivity index (χ1) is 19.1. The molecule has 8 nitrogen and oxygen atoms in total. The molecule has 39 heavy (non-hydrogen) atoms. The van der Waals surface area contributed by atoms with Crippen LogP contribution in [-0.2, 0) is 6.54 Å². The molecule has 0 unspecified atom stereocenters. The molecule has 6 rings (SSSR count). The standard InChI is InChI=1S/C21H16BrN5O2S.C7H8OS/c22-15-10-13(26-21-20-16(23-12-24-21)6-7-27(20)8-9-28)4-5-18(15)29-17-2-1-3-19-14(17)11-25-30-19;1-6-2-4-7(9-8)5-3-6/h1-7,10-12,28H,8-9H2,(H,23,24,26);2-5,8H,1H3. The van der Waals surface area contributed by atoms with Crippen molar-refractivity contribution in [2.24, 2.45) is 0 Å². The first kappa shape index (κ1) is 27.1. The summed E-state index contributed by atoms with van der Waals surface area (Å²) in [5.41, 5.74) is 3.73. The summed E-state index contributed by atoms with van der Waals surface area (Å²) in [6.45, 7) is 2.54. The zero-order valence-corrected chi connectivity index (χ0v) is 24.0. The number of fused-ring (bicyclic) bond motifs is 2. The van der Waals surface area contributed by atoms with Gasteiger partial charge in [0.15, 0.2) is 5.82 Å². The Hall–Kier alpha value is -3.48. The maximum atomic E-state index is 9.31. The number of aliphatic hydroxyl groups is 1. The van der Waals surface area contributed by atoms with Crippen LogP contribution in [0.15, 0.2) is 94.8 Å². The van der Waals surface area contributed by atoms with Crippen molar-refractivity contribution in [2.45, 2.75) is 18.4 Å². The number of aromatic nitrogens is 4. The summed E-state index contributed by atoms with van der Waals surface area (Å²) in [5, 5.41) is 13.6. The van der Waals surface area contributed by atoms with E-state index in [1.807, 2.05) is 90.6 Å².